The van der Waals surface area contributed by atoms with Crippen LogP contribution >= 0.6 is 11.3 Å². The van der Waals surface area contributed by atoms with E-state index in [1.54, 1.807) is 17.4 Å². The first-order chi connectivity index (χ1) is 13.0. The molecule has 1 amide bonds. The fourth-order valence-corrected chi connectivity index (χ4v) is 5.21. The SMILES string of the molecule is O=C(NCCS(=O)(=O)N1CCc2ccccc21)c1cc(-c2cccs2)[nH]n1. The molecule has 2 N–H and O–H groups in total. The van der Waals surface area contributed by atoms with E-state index in [2.05, 4.69) is 15.5 Å². The first kappa shape index (κ1) is 17.7. The zero-order chi connectivity index (χ0) is 18.9. The Morgan fingerprint density at radius 3 is 2.93 bits per heavy atom. The Balaban J connectivity index is 1.36. The summed E-state index contributed by atoms with van der Waals surface area (Å²) in [6.45, 7) is 0.472. The summed E-state index contributed by atoms with van der Waals surface area (Å²) in [5.41, 5.74) is 2.76. The molecule has 0 atom stereocenters. The molecule has 27 heavy (non-hydrogen) atoms. The van der Waals surface area contributed by atoms with Crippen molar-refractivity contribution in [2.24, 2.45) is 0 Å². The van der Waals surface area contributed by atoms with Crippen molar-refractivity contribution in [1.29, 1.82) is 0 Å². The monoisotopic (exact) mass is 402 g/mol. The molecule has 0 radical (unpaired) electrons. The highest BCUT2D eigenvalue weighted by atomic mass is 32.2. The van der Waals surface area contributed by atoms with Gasteiger partial charge in [0.25, 0.3) is 5.91 Å². The fraction of sp³-hybridized carbons (Fsp3) is 0.222. The molecule has 140 valence electrons. The lowest BCUT2D eigenvalue weighted by Crippen LogP contribution is -2.37. The molecule has 0 unspecified atom stereocenters. The number of carbonyl (C=O) groups is 1. The van der Waals surface area contributed by atoms with Crippen LogP contribution in [0.5, 0.6) is 0 Å². The second kappa shape index (κ2) is 7.16. The van der Waals surface area contributed by atoms with Gasteiger partial charge < -0.3 is 5.32 Å². The molecule has 3 heterocycles. The highest BCUT2D eigenvalue weighted by molar-refractivity contribution is 7.92. The van der Waals surface area contributed by atoms with Crippen LogP contribution in [-0.2, 0) is 16.4 Å². The number of amides is 1. The molecule has 0 fully saturated rings. The maximum Gasteiger partial charge on any atom is 0.271 e. The summed E-state index contributed by atoms with van der Waals surface area (Å²) >= 11 is 1.54. The number of hydrogen-bond acceptors (Lipinski definition) is 5. The lowest BCUT2D eigenvalue weighted by Gasteiger charge is -2.19. The summed E-state index contributed by atoms with van der Waals surface area (Å²) in [5, 5.41) is 11.4. The van der Waals surface area contributed by atoms with Gasteiger partial charge in [0, 0.05) is 13.1 Å². The van der Waals surface area contributed by atoms with Gasteiger partial charge in [-0.05, 0) is 35.6 Å². The molecule has 2 aromatic heterocycles. The average Bonchev–Trinajstić information content (AvgIpc) is 3.40. The largest absolute Gasteiger partial charge is 0.350 e. The number of aromatic nitrogens is 2. The normalized spacial score (nSPS) is 13.6. The highest BCUT2D eigenvalue weighted by Crippen LogP contribution is 2.29. The van der Waals surface area contributed by atoms with Crippen LogP contribution < -0.4 is 9.62 Å². The zero-order valence-corrected chi connectivity index (χ0v) is 16.0. The second-order valence-corrected chi connectivity index (χ2v) is 9.13. The van der Waals surface area contributed by atoms with E-state index in [1.807, 2.05) is 41.8 Å². The minimum atomic E-state index is -3.49. The van der Waals surface area contributed by atoms with Crippen molar-refractivity contribution in [2.75, 3.05) is 23.1 Å². The summed E-state index contributed by atoms with van der Waals surface area (Å²) in [5.74, 6) is -0.555. The number of carbonyl (C=O) groups excluding carboxylic acids is 1. The molecule has 9 heteroatoms. The highest BCUT2D eigenvalue weighted by Gasteiger charge is 2.28. The van der Waals surface area contributed by atoms with E-state index in [9.17, 15) is 13.2 Å². The molecule has 1 aliphatic heterocycles. The van der Waals surface area contributed by atoms with E-state index >= 15 is 0 Å². The van der Waals surface area contributed by atoms with Crippen molar-refractivity contribution in [2.45, 2.75) is 6.42 Å². The van der Waals surface area contributed by atoms with Gasteiger partial charge in [-0.3, -0.25) is 14.2 Å². The van der Waals surface area contributed by atoms with Gasteiger partial charge in [0.2, 0.25) is 10.0 Å². The molecular weight excluding hydrogens is 384 g/mol. The Hall–Kier alpha value is -2.65. The number of nitrogens with one attached hydrogen (secondary N) is 2. The smallest absolute Gasteiger partial charge is 0.271 e. The summed E-state index contributed by atoms with van der Waals surface area (Å²) in [6, 6.07) is 13.0. The first-order valence-electron chi connectivity index (χ1n) is 8.50. The molecule has 0 bridgehead atoms. The number of rotatable bonds is 6. The Labute approximate surface area is 161 Å². The maximum atomic E-state index is 12.6. The third-order valence-electron chi connectivity index (χ3n) is 4.42. The molecule has 0 spiro atoms. The Morgan fingerprint density at radius 2 is 2.11 bits per heavy atom. The third kappa shape index (κ3) is 3.60. The lowest BCUT2D eigenvalue weighted by atomic mass is 10.2. The second-order valence-electron chi connectivity index (χ2n) is 6.17. The standard InChI is InChI=1S/C18H18N4O3S2/c23-18(15-12-14(20-21-15)17-6-3-10-26-17)19-8-11-27(24,25)22-9-7-13-4-1-2-5-16(13)22/h1-6,10,12H,7-9,11H2,(H,19,23)(H,20,21). The van der Waals surface area contributed by atoms with Gasteiger partial charge in [-0.15, -0.1) is 11.3 Å². The van der Waals surface area contributed by atoms with Crippen LogP contribution in [0.25, 0.3) is 10.6 Å². The van der Waals surface area contributed by atoms with E-state index in [1.165, 1.54) is 4.31 Å². The molecular formula is C18H18N4O3S2. The predicted octanol–water partition coefficient (Wildman–Crippen LogP) is 2.26. The first-order valence-corrected chi connectivity index (χ1v) is 11.0. The Bertz CT molecular complexity index is 1060. The molecule has 3 aromatic rings. The van der Waals surface area contributed by atoms with Crippen LogP contribution in [0.1, 0.15) is 16.1 Å². The quantitative estimate of drug-likeness (QED) is 0.661. The molecule has 0 saturated heterocycles. The Morgan fingerprint density at radius 1 is 1.26 bits per heavy atom. The van der Waals surface area contributed by atoms with E-state index < -0.39 is 15.9 Å². The maximum absolute atomic E-state index is 12.6. The molecule has 4 rings (SSSR count). The number of H-pyrrole nitrogens is 1. The molecule has 0 saturated carbocycles. The number of anilines is 1. The van der Waals surface area contributed by atoms with Crippen molar-refractivity contribution >= 4 is 33.0 Å². The molecule has 0 aliphatic carbocycles. The van der Waals surface area contributed by atoms with Gasteiger partial charge in [0.15, 0.2) is 5.69 Å². The van der Waals surface area contributed by atoms with Crippen molar-refractivity contribution in [3.05, 3.63) is 59.1 Å². The van der Waals surface area contributed by atoms with Crippen molar-refractivity contribution in [3.63, 3.8) is 0 Å². The summed E-state index contributed by atoms with van der Waals surface area (Å²) in [6.07, 6.45) is 0.709. The topological polar surface area (TPSA) is 95.2 Å². The van der Waals surface area contributed by atoms with E-state index in [-0.39, 0.29) is 18.0 Å². The van der Waals surface area contributed by atoms with Crippen LogP contribution in [-0.4, -0.2) is 43.4 Å². The molecule has 1 aliphatic rings. The Kier molecular flexibility index (Phi) is 4.71. The summed E-state index contributed by atoms with van der Waals surface area (Å²) < 4.78 is 26.7. The summed E-state index contributed by atoms with van der Waals surface area (Å²) in [7, 11) is -3.49. The fourth-order valence-electron chi connectivity index (χ4n) is 3.09. The minimum absolute atomic E-state index is 0.0288. The summed E-state index contributed by atoms with van der Waals surface area (Å²) in [4.78, 5) is 13.2. The number of hydrogen-bond donors (Lipinski definition) is 2. The van der Waals surface area contributed by atoms with Crippen LogP contribution in [0.15, 0.2) is 47.8 Å². The minimum Gasteiger partial charge on any atom is -0.350 e. The number of fused-ring (bicyclic) bond motifs is 1. The molecule has 7 nitrogen and oxygen atoms in total. The van der Waals surface area contributed by atoms with Gasteiger partial charge >= 0.3 is 0 Å². The van der Waals surface area contributed by atoms with Gasteiger partial charge in [-0.1, -0.05) is 24.3 Å². The van der Waals surface area contributed by atoms with Crippen LogP contribution in [0.2, 0.25) is 0 Å². The predicted molar refractivity (Wildman–Crippen MR) is 106 cm³/mol. The van der Waals surface area contributed by atoms with Crippen LogP contribution in [0.4, 0.5) is 5.69 Å². The number of para-hydroxylation sites is 1. The van der Waals surface area contributed by atoms with Crippen molar-refractivity contribution in [3.8, 4) is 10.6 Å². The van der Waals surface area contributed by atoms with Crippen molar-refractivity contribution < 1.29 is 13.2 Å². The number of benzene rings is 1. The van der Waals surface area contributed by atoms with Gasteiger partial charge in [0.05, 0.1) is 22.0 Å². The van der Waals surface area contributed by atoms with E-state index in [0.717, 1.165) is 21.8 Å². The number of aromatic amines is 1. The number of sulfonamides is 1. The van der Waals surface area contributed by atoms with Crippen LogP contribution in [0.3, 0.4) is 0 Å². The number of thiophene rings is 1. The van der Waals surface area contributed by atoms with Gasteiger partial charge in [-0.2, -0.15) is 5.10 Å². The number of nitrogens with zero attached hydrogens (tertiary/aromatic N) is 2. The third-order valence-corrected chi connectivity index (χ3v) is 7.10. The van der Waals surface area contributed by atoms with Gasteiger partial charge in [-0.25, -0.2) is 8.42 Å². The van der Waals surface area contributed by atoms with Gasteiger partial charge in [0.1, 0.15) is 0 Å². The van der Waals surface area contributed by atoms with E-state index in [4.69, 9.17) is 0 Å². The molecule has 1 aromatic carbocycles. The van der Waals surface area contributed by atoms with Crippen LogP contribution in [0, 0.1) is 0 Å². The lowest BCUT2D eigenvalue weighted by molar-refractivity contribution is 0.0951. The zero-order valence-electron chi connectivity index (χ0n) is 14.4. The van der Waals surface area contributed by atoms with E-state index in [0.29, 0.717) is 13.0 Å². The van der Waals surface area contributed by atoms with Crippen molar-refractivity contribution in [1.82, 2.24) is 15.5 Å². The average molecular weight is 403 g/mol.